The van der Waals surface area contributed by atoms with Crippen molar-refractivity contribution in [2.75, 3.05) is 13.2 Å². The van der Waals surface area contributed by atoms with Crippen LogP contribution in [0.3, 0.4) is 0 Å². The molecule has 0 spiro atoms. The van der Waals surface area contributed by atoms with E-state index >= 15 is 0 Å². The van der Waals surface area contributed by atoms with Crippen molar-refractivity contribution in [3.63, 3.8) is 0 Å². The number of halogens is 4. The van der Waals surface area contributed by atoms with Crippen LogP contribution in [0.15, 0.2) is 23.6 Å². The summed E-state index contributed by atoms with van der Waals surface area (Å²) in [4.78, 5) is 0. The number of aliphatic hydroxyl groups is 1. The van der Waals surface area contributed by atoms with Crippen molar-refractivity contribution in [3.8, 4) is 0 Å². The van der Waals surface area contributed by atoms with Crippen LogP contribution in [0.25, 0.3) is 0 Å². The van der Waals surface area contributed by atoms with Crippen molar-refractivity contribution in [1.29, 1.82) is 0 Å². The molecule has 0 aliphatic heterocycles. The SMILES string of the molecule is CC(C)OCC1(F)C(F)=CC(CO)C(F)=C1F. The molecule has 0 saturated carbocycles. The molecule has 2 unspecified atom stereocenters. The van der Waals surface area contributed by atoms with Crippen LogP contribution in [0.1, 0.15) is 13.8 Å². The molecule has 0 heterocycles. The van der Waals surface area contributed by atoms with Crippen molar-refractivity contribution in [2.45, 2.75) is 25.6 Å². The van der Waals surface area contributed by atoms with Crippen LogP contribution in [0.4, 0.5) is 17.6 Å². The number of alkyl halides is 1. The van der Waals surface area contributed by atoms with Gasteiger partial charge < -0.3 is 9.84 Å². The third-order valence-electron chi connectivity index (χ3n) is 2.42. The average molecular weight is 254 g/mol. The fourth-order valence-corrected chi connectivity index (χ4v) is 1.39. The second kappa shape index (κ2) is 5.18. The minimum absolute atomic E-state index is 0.443. The molecule has 0 saturated heterocycles. The van der Waals surface area contributed by atoms with E-state index < -0.39 is 48.4 Å². The molecule has 1 N–H and O–H groups in total. The molecule has 17 heavy (non-hydrogen) atoms. The standard InChI is InChI=1S/C11H14F4O2/c1-6(2)17-5-11(15)8(12)3-7(4-16)9(13)10(11)14/h3,6-7,16H,4-5H2,1-2H3. The number of ether oxygens (including phenoxy) is 1. The Hall–Kier alpha value is -0.880. The first kappa shape index (κ1) is 14.2. The van der Waals surface area contributed by atoms with Crippen LogP contribution in [0.2, 0.25) is 0 Å². The summed E-state index contributed by atoms with van der Waals surface area (Å²) in [5.74, 6) is -6.31. The summed E-state index contributed by atoms with van der Waals surface area (Å²) in [6, 6.07) is 0. The predicted molar refractivity (Wildman–Crippen MR) is 53.9 cm³/mol. The van der Waals surface area contributed by atoms with Crippen molar-refractivity contribution >= 4 is 0 Å². The van der Waals surface area contributed by atoms with Crippen molar-refractivity contribution in [3.05, 3.63) is 23.6 Å². The van der Waals surface area contributed by atoms with Gasteiger partial charge in [0, 0.05) is 0 Å². The van der Waals surface area contributed by atoms with E-state index in [0.29, 0.717) is 6.08 Å². The third kappa shape index (κ3) is 2.69. The van der Waals surface area contributed by atoms with Gasteiger partial charge in [-0.25, -0.2) is 17.6 Å². The molecule has 1 rings (SSSR count). The van der Waals surface area contributed by atoms with Gasteiger partial charge in [0.15, 0.2) is 5.83 Å². The summed E-state index contributed by atoms with van der Waals surface area (Å²) in [6.07, 6.45) is 0.0871. The molecule has 6 heteroatoms. The summed E-state index contributed by atoms with van der Waals surface area (Å²) in [7, 11) is 0. The Morgan fingerprint density at radius 3 is 2.47 bits per heavy atom. The van der Waals surface area contributed by atoms with Gasteiger partial charge in [-0.15, -0.1) is 0 Å². The van der Waals surface area contributed by atoms with Crippen LogP contribution >= 0.6 is 0 Å². The fourth-order valence-electron chi connectivity index (χ4n) is 1.39. The first-order valence-electron chi connectivity index (χ1n) is 5.17. The van der Waals surface area contributed by atoms with Gasteiger partial charge in [-0.05, 0) is 19.9 Å². The number of rotatable bonds is 4. The Morgan fingerprint density at radius 2 is 2.00 bits per heavy atom. The molecule has 98 valence electrons. The quantitative estimate of drug-likeness (QED) is 0.782. The molecule has 2 nitrogen and oxygen atoms in total. The summed E-state index contributed by atoms with van der Waals surface area (Å²) in [5, 5.41) is 8.68. The molecular formula is C11H14F4O2. The number of hydrogen-bond donors (Lipinski definition) is 1. The van der Waals surface area contributed by atoms with E-state index in [0.717, 1.165) is 0 Å². The molecule has 1 aliphatic rings. The molecule has 1 aliphatic carbocycles. The second-order valence-electron chi connectivity index (χ2n) is 4.13. The van der Waals surface area contributed by atoms with E-state index in [-0.39, 0.29) is 0 Å². The van der Waals surface area contributed by atoms with Crippen molar-refractivity contribution in [1.82, 2.24) is 0 Å². The maximum atomic E-state index is 14.0. The Labute approximate surface area is 96.6 Å². The molecule has 0 aromatic carbocycles. The first-order chi connectivity index (χ1) is 7.82. The average Bonchev–Trinajstić information content (AvgIpc) is 2.29. The Kier molecular flexibility index (Phi) is 4.32. The van der Waals surface area contributed by atoms with Gasteiger partial charge in [0.1, 0.15) is 11.7 Å². The highest BCUT2D eigenvalue weighted by molar-refractivity contribution is 5.35. The minimum atomic E-state index is -3.22. The summed E-state index contributed by atoms with van der Waals surface area (Å²) < 4.78 is 58.8. The fraction of sp³-hybridized carbons (Fsp3) is 0.636. The Morgan fingerprint density at radius 1 is 1.41 bits per heavy atom. The largest absolute Gasteiger partial charge is 0.395 e. The highest BCUT2D eigenvalue weighted by atomic mass is 19.2. The van der Waals surface area contributed by atoms with Crippen LogP contribution in [-0.2, 0) is 4.74 Å². The minimum Gasteiger partial charge on any atom is -0.395 e. The van der Waals surface area contributed by atoms with Crippen molar-refractivity contribution < 1.29 is 27.4 Å². The van der Waals surface area contributed by atoms with Crippen LogP contribution in [0.5, 0.6) is 0 Å². The van der Waals surface area contributed by atoms with E-state index in [1.165, 1.54) is 0 Å². The lowest BCUT2D eigenvalue weighted by Crippen LogP contribution is -2.36. The highest BCUT2D eigenvalue weighted by Gasteiger charge is 2.47. The summed E-state index contributed by atoms with van der Waals surface area (Å²) in [5.41, 5.74) is -3.22. The third-order valence-corrected chi connectivity index (χ3v) is 2.42. The topological polar surface area (TPSA) is 29.5 Å². The van der Waals surface area contributed by atoms with Gasteiger partial charge in [0.25, 0.3) is 0 Å². The van der Waals surface area contributed by atoms with Crippen LogP contribution in [-0.4, -0.2) is 30.1 Å². The molecule has 0 bridgehead atoms. The Bertz CT molecular complexity index is 351. The van der Waals surface area contributed by atoms with Gasteiger partial charge in [0.2, 0.25) is 5.67 Å². The van der Waals surface area contributed by atoms with Crippen molar-refractivity contribution in [2.24, 2.45) is 5.92 Å². The van der Waals surface area contributed by atoms with Gasteiger partial charge in [-0.2, -0.15) is 0 Å². The van der Waals surface area contributed by atoms with E-state index in [9.17, 15) is 17.6 Å². The van der Waals surface area contributed by atoms with Crippen LogP contribution < -0.4 is 0 Å². The molecule has 0 fully saturated rings. The summed E-state index contributed by atoms with van der Waals surface area (Å²) in [6.45, 7) is 1.35. The van der Waals surface area contributed by atoms with E-state index in [1.54, 1.807) is 13.8 Å². The lowest BCUT2D eigenvalue weighted by Gasteiger charge is -2.28. The molecule has 0 aromatic rings. The first-order valence-corrected chi connectivity index (χ1v) is 5.17. The van der Waals surface area contributed by atoms with E-state index in [4.69, 9.17) is 9.84 Å². The molecular weight excluding hydrogens is 240 g/mol. The lowest BCUT2D eigenvalue weighted by molar-refractivity contribution is -0.00355. The molecule has 0 radical (unpaired) electrons. The Balaban J connectivity index is 2.99. The van der Waals surface area contributed by atoms with Gasteiger partial charge in [0.05, 0.1) is 25.2 Å². The lowest BCUT2D eigenvalue weighted by atomic mass is 9.91. The molecule has 2 atom stereocenters. The monoisotopic (exact) mass is 254 g/mol. The maximum Gasteiger partial charge on any atom is 0.238 e. The number of hydrogen-bond acceptors (Lipinski definition) is 2. The number of aliphatic hydroxyl groups excluding tert-OH is 1. The zero-order valence-electron chi connectivity index (χ0n) is 9.51. The van der Waals surface area contributed by atoms with Crippen LogP contribution in [0, 0.1) is 5.92 Å². The van der Waals surface area contributed by atoms with Gasteiger partial charge in [-0.3, -0.25) is 0 Å². The molecule has 0 aromatic heterocycles. The van der Waals surface area contributed by atoms with E-state index in [2.05, 4.69) is 0 Å². The summed E-state index contributed by atoms with van der Waals surface area (Å²) >= 11 is 0. The zero-order valence-corrected chi connectivity index (χ0v) is 9.51. The second-order valence-corrected chi connectivity index (χ2v) is 4.13. The predicted octanol–water partition coefficient (Wildman–Crippen LogP) is 2.75. The maximum absolute atomic E-state index is 14.0. The van der Waals surface area contributed by atoms with E-state index in [1.807, 2.05) is 0 Å². The van der Waals surface area contributed by atoms with Gasteiger partial charge >= 0.3 is 0 Å². The zero-order chi connectivity index (χ0) is 13.2. The normalized spacial score (nSPS) is 29.9. The highest BCUT2D eigenvalue weighted by Crippen LogP contribution is 2.42. The smallest absolute Gasteiger partial charge is 0.238 e. The van der Waals surface area contributed by atoms with Gasteiger partial charge in [-0.1, -0.05) is 0 Å². The molecule has 0 amide bonds.